The van der Waals surface area contributed by atoms with E-state index >= 15 is 0 Å². The number of carboxylic acids is 1. The van der Waals surface area contributed by atoms with Crippen molar-refractivity contribution >= 4 is 136 Å². The number of primary amides is 2. The Hall–Kier alpha value is -12.2. The van der Waals surface area contributed by atoms with Gasteiger partial charge in [0.05, 0.1) is 19.2 Å². The highest BCUT2D eigenvalue weighted by molar-refractivity contribution is 6.05. The molecule has 0 aliphatic carbocycles. The highest BCUT2D eigenvalue weighted by atomic mass is 16.4. The van der Waals surface area contributed by atoms with Gasteiger partial charge in [0, 0.05) is 39.3 Å². The summed E-state index contributed by atoms with van der Waals surface area (Å²) in [6, 6.07) is -11.7. The molecular weight excluding hydrogens is 1790 g/mol. The smallest absolute Gasteiger partial charge is 0.303 e. The Balaban J connectivity index is 2.17. The minimum atomic E-state index is -1.92. The summed E-state index contributed by atoms with van der Waals surface area (Å²) in [5.41, 5.74) is -6.95. The molecule has 0 saturated carbocycles. The fourth-order valence-electron chi connectivity index (χ4n) is 14.5. The van der Waals surface area contributed by atoms with Gasteiger partial charge in [-0.05, 0) is 220 Å². The second-order valence-corrected chi connectivity index (χ2v) is 41.5. The summed E-state index contributed by atoms with van der Waals surface area (Å²) < 4.78 is 0. The first-order valence-corrected chi connectivity index (χ1v) is 46.0. The Labute approximate surface area is 801 Å². The van der Waals surface area contributed by atoms with Crippen molar-refractivity contribution in [2.75, 3.05) is 26.2 Å². The number of nitrogens with zero attached hydrogens (tertiary/aromatic N) is 2. The van der Waals surface area contributed by atoms with E-state index in [4.69, 9.17) is 11.5 Å². The topological polar surface area (TPSA) is 708 Å². The molecule has 2 saturated heterocycles. The van der Waals surface area contributed by atoms with Crippen molar-refractivity contribution in [2.24, 2.45) is 29.2 Å². The van der Waals surface area contributed by atoms with Gasteiger partial charge in [0.2, 0.25) is 130 Å². The van der Waals surface area contributed by atoms with E-state index in [-0.39, 0.29) is 63.5 Å². The summed E-state index contributed by atoms with van der Waals surface area (Å²) in [5.74, 6) is -21.0. The van der Waals surface area contributed by atoms with E-state index in [2.05, 4.69) is 95.7 Å². The van der Waals surface area contributed by atoms with E-state index < -0.39 is 290 Å². The van der Waals surface area contributed by atoms with Crippen LogP contribution in [0.4, 0.5) is 0 Å². The number of carbonyl (C=O) groups excluding carboxylic acids is 22. The summed E-state index contributed by atoms with van der Waals surface area (Å²) in [4.78, 5) is 315. The molecule has 137 heavy (non-hydrogen) atoms. The van der Waals surface area contributed by atoms with Crippen LogP contribution in [-0.4, -0.2) is 292 Å². The van der Waals surface area contributed by atoms with Crippen molar-refractivity contribution in [2.45, 2.75) is 387 Å². The predicted octanol–water partition coefficient (Wildman–Crippen LogP) is -4.01. The number of carbonyl (C=O) groups is 23. The second kappa shape index (κ2) is 49.7. The number of aliphatic carboxylic acids is 1. The lowest BCUT2D eigenvalue weighted by atomic mass is 9.93. The normalized spacial score (nSPS) is 16.4. The Kier molecular flexibility index (Phi) is 43.8. The highest BCUT2D eigenvalue weighted by Gasteiger charge is 2.50. The first kappa shape index (κ1) is 121. The quantitative estimate of drug-likeness (QED) is 0.0276. The lowest BCUT2D eigenvalue weighted by Gasteiger charge is -2.37. The van der Waals surface area contributed by atoms with Gasteiger partial charge >= 0.3 is 5.97 Å². The van der Waals surface area contributed by atoms with Crippen molar-refractivity contribution in [3.05, 3.63) is 0 Å². The Morgan fingerprint density at radius 2 is 0.730 bits per heavy atom. The third-order valence-electron chi connectivity index (χ3n) is 23.2. The van der Waals surface area contributed by atoms with E-state index in [0.29, 0.717) is 19.3 Å². The molecule has 2 aliphatic rings. The number of aliphatic hydroxyl groups excluding tert-OH is 1. The zero-order valence-electron chi connectivity index (χ0n) is 84.8. The van der Waals surface area contributed by atoms with Gasteiger partial charge < -0.3 is 127 Å². The highest BCUT2D eigenvalue weighted by Crippen LogP contribution is 2.27. The van der Waals surface area contributed by atoms with Crippen LogP contribution in [-0.2, 0) is 110 Å². The van der Waals surface area contributed by atoms with Gasteiger partial charge in [0.25, 0.3) is 0 Å². The van der Waals surface area contributed by atoms with E-state index in [9.17, 15) is 120 Å². The summed E-state index contributed by atoms with van der Waals surface area (Å²) in [7, 11) is 0. The molecular formula is C90H154N22O25. The molecule has 774 valence electrons. The van der Waals surface area contributed by atoms with Crippen LogP contribution in [0.15, 0.2) is 0 Å². The number of hydrogen-bond donors (Lipinski definition) is 22. The van der Waals surface area contributed by atoms with E-state index in [1.807, 2.05) is 13.8 Å². The molecule has 0 aromatic heterocycles. The van der Waals surface area contributed by atoms with Gasteiger partial charge in [0.15, 0.2) is 0 Å². The SMILES string of the molecule is CCC(C)(NC(=O)C(C)(C)NC(=O)C(NC(=O)C1CCCN1C(=O)C(C)(C)NC(=O)C(C)(C)NC(=O)CNC(=O)C(C)(C)NC(=O)C(CC(C)C)NC(=O)C(C)(C)NC(=O)C(CCC(N)=O)NC(=O)C(C)(C)NC(=O)C(C)(C)NC(=O)C(C)NC(=O)C(C)(C)NC(=O)C1CCCN1C(=O)C(C)(C)NC(C)=O)C(C)C)C(=O)NC(CCC(=O)O)C(=O)NC(CCC(N)=O)C(=O)NC(CO)CC(C)C. The van der Waals surface area contributed by atoms with Gasteiger partial charge in [-0.3, -0.25) is 110 Å². The molecule has 2 fully saturated rings. The Bertz CT molecular complexity index is 4500. The van der Waals surface area contributed by atoms with Gasteiger partial charge in [-0.15, -0.1) is 0 Å². The Morgan fingerprint density at radius 1 is 0.365 bits per heavy atom. The Morgan fingerprint density at radius 3 is 1.18 bits per heavy atom. The minimum Gasteiger partial charge on any atom is -0.481 e. The zero-order valence-corrected chi connectivity index (χ0v) is 84.8. The second-order valence-electron chi connectivity index (χ2n) is 41.5. The number of hydrogen-bond acceptors (Lipinski definition) is 24. The maximum Gasteiger partial charge on any atom is 0.303 e. The van der Waals surface area contributed by atoms with E-state index in [1.54, 1.807) is 27.7 Å². The molecule has 22 amide bonds. The number of nitrogens with one attached hydrogen (secondary N) is 18. The van der Waals surface area contributed by atoms with Crippen LogP contribution in [0.2, 0.25) is 0 Å². The number of nitrogens with two attached hydrogens (primary N) is 2. The summed E-state index contributed by atoms with van der Waals surface area (Å²) in [6.45, 7) is 38.6. The van der Waals surface area contributed by atoms with Crippen LogP contribution in [0.3, 0.4) is 0 Å². The number of carboxylic acid groups (broad SMARTS) is 1. The van der Waals surface area contributed by atoms with E-state index in [0.717, 1.165) is 0 Å². The molecule has 0 aromatic rings. The number of aliphatic hydroxyl groups is 1. The third kappa shape index (κ3) is 37.0. The minimum absolute atomic E-state index is 0.0201. The van der Waals surface area contributed by atoms with Crippen LogP contribution in [0.5, 0.6) is 0 Å². The molecule has 10 unspecified atom stereocenters. The summed E-state index contributed by atoms with van der Waals surface area (Å²) in [5, 5.41) is 65.4. The lowest BCUT2D eigenvalue weighted by molar-refractivity contribution is -0.146. The molecule has 0 aromatic carbocycles. The van der Waals surface area contributed by atoms with Crippen LogP contribution in [0.25, 0.3) is 0 Å². The largest absolute Gasteiger partial charge is 0.481 e. The van der Waals surface area contributed by atoms with Crippen molar-refractivity contribution in [1.29, 1.82) is 0 Å². The molecule has 24 N–H and O–H groups in total. The van der Waals surface area contributed by atoms with Crippen molar-refractivity contribution < 1.29 is 120 Å². The van der Waals surface area contributed by atoms with Crippen molar-refractivity contribution in [1.82, 2.24) is 106 Å². The van der Waals surface area contributed by atoms with Gasteiger partial charge in [0.1, 0.15) is 104 Å². The monoisotopic (exact) mass is 1940 g/mol. The molecule has 47 heteroatoms. The number of likely N-dealkylation sites (tertiary alicyclic amines) is 2. The molecule has 10 atom stereocenters. The van der Waals surface area contributed by atoms with Crippen molar-refractivity contribution in [3.8, 4) is 0 Å². The first-order chi connectivity index (χ1) is 62.4. The van der Waals surface area contributed by atoms with Crippen LogP contribution in [0.1, 0.15) is 277 Å². The van der Waals surface area contributed by atoms with E-state index in [1.165, 1.54) is 162 Å². The molecule has 2 aliphatic heterocycles. The molecule has 2 rings (SSSR count). The lowest BCUT2D eigenvalue weighted by Crippen LogP contribution is -2.67. The van der Waals surface area contributed by atoms with Gasteiger partial charge in [-0.2, -0.15) is 0 Å². The molecule has 2 heterocycles. The predicted molar refractivity (Wildman–Crippen MR) is 499 cm³/mol. The standard InChI is InChI=1S/C90H154N22O25/c1-29-90(28,78(135)98-53(36-39-61(118)119)65(122)96-52(34-37-58(91)115)64(121)95-51(45-113)42-46(2)3)110-77(134)87(22,23)107-70(127)62(48(6)7)100-68(125)56-32-30-40-111(56)80(137)89(26,27)109-75(132)85(18,19)102-60(117)44-93-71(128)81(10,11)105-67(124)55(43-47(4)5)99-73(130)83(14,15)104-66(123)54(35-38-59(92)116)97-74(131)84(16,17)108-76(133)86(20,21)103-63(120)49(8)94-72(129)82(12,13)106-69(126)57-33-31-41-112(57)79(136)88(24,25)101-50(9)114/h46-49,51-57,62,113H,29-45H2,1-28H3,(H2,91,115)(H2,92,116)(H,93,128)(H,94,129)(H,95,121)(H,96,122)(H,97,131)(H,98,135)(H,99,130)(H,100,125)(H,101,114)(H,102,117)(H,103,120)(H,104,123)(H,105,124)(H,106,126)(H,107,127)(H,108,133)(H,109,132)(H,110,134)(H,118,119). The third-order valence-corrected chi connectivity index (χ3v) is 23.2. The number of rotatable bonds is 53. The zero-order chi connectivity index (χ0) is 106. The van der Waals surface area contributed by atoms with Crippen LogP contribution in [0, 0.1) is 17.8 Å². The molecule has 47 nitrogen and oxygen atoms in total. The van der Waals surface area contributed by atoms with Crippen LogP contribution >= 0.6 is 0 Å². The fraction of sp³-hybridized carbons (Fsp3) is 0.744. The maximum absolute atomic E-state index is 14.5. The van der Waals surface area contributed by atoms with Gasteiger partial charge in [-0.1, -0.05) is 48.5 Å². The molecule has 0 radical (unpaired) electrons. The van der Waals surface area contributed by atoms with Crippen LogP contribution < -0.4 is 107 Å². The average Bonchev–Trinajstić information content (AvgIpc) is 1.71. The molecule has 0 spiro atoms. The fourth-order valence-corrected chi connectivity index (χ4v) is 14.5. The first-order valence-electron chi connectivity index (χ1n) is 46.0. The van der Waals surface area contributed by atoms with Gasteiger partial charge in [-0.25, -0.2) is 0 Å². The number of amides is 22. The summed E-state index contributed by atoms with van der Waals surface area (Å²) in [6.07, 6.45) is -1.43. The maximum atomic E-state index is 14.5. The molecule has 0 bridgehead atoms. The average molecular weight is 1940 g/mol. The summed E-state index contributed by atoms with van der Waals surface area (Å²) >= 11 is 0. The van der Waals surface area contributed by atoms with Crippen molar-refractivity contribution in [3.63, 3.8) is 0 Å².